The van der Waals surface area contributed by atoms with E-state index in [0.29, 0.717) is 5.76 Å². The molecule has 3 aromatic rings. The Kier molecular flexibility index (Phi) is 9.18. The van der Waals surface area contributed by atoms with Gasteiger partial charge in [-0.2, -0.15) is 8.62 Å². The van der Waals surface area contributed by atoms with Gasteiger partial charge in [-0.15, -0.1) is 0 Å². The first-order valence-electron chi connectivity index (χ1n) is 11.3. The number of phosphoric acid groups is 3. The molecule has 2 aromatic heterocycles. The standard InChI is InChI=1S/C20H23N2O16P3/c23-16-8-9-21(20(26)22(16)10-13-6-7-14(35-13)12-4-2-1-3-5-12)19-18(25)17(24)15(36-19)11-34-40(30,31)38-41(32,33)37-39(27,28)29/h1-9,15,17-19,24-25H,10-11H2,(H,30,31)(H,32,33)(H2,27,28,29)/t15-,17?,18?,19-/m1/s1. The summed E-state index contributed by atoms with van der Waals surface area (Å²) in [5.41, 5.74) is -0.934. The molecule has 0 amide bonds. The molecule has 1 aliphatic rings. The summed E-state index contributed by atoms with van der Waals surface area (Å²) in [4.78, 5) is 61.6. The van der Waals surface area contributed by atoms with Gasteiger partial charge in [-0.3, -0.25) is 18.5 Å². The summed E-state index contributed by atoms with van der Waals surface area (Å²) in [7, 11) is -16.9. The summed E-state index contributed by atoms with van der Waals surface area (Å²) in [5.74, 6) is 0.740. The van der Waals surface area contributed by atoms with E-state index in [1.807, 2.05) is 6.07 Å². The van der Waals surface area contributed by atoms with Crippen molar-refractivity contribution in [2.45, 2.75) is 31.1 Å². The fourth-order valence-corrected chi connectivity index (χ4v) is 6.84. The smallest absolute Gasteiger partial charge is 0.459 e. The summed E-state index contributed by atoms with van der Waals surface area (Å²) >= 11 is 0. The van der Waals surface area contributed by atoms with Crippen LogP contribution in [0.1, 0.15) is 12.0 Å². The Labute approximate surface area is 229 Å². The molecule has 1 fully saturated rings. The van der Waals surface area contributed by atoms with Crippen molar-refractivity contribution in [1.29, 1.82) is 0 Å². The monoisotopic (exact) mass is 640 g/mol. The fraction of sp³-hybridized carbons (Fsp3) is 0.300. The molecule has 0 aliphatic carbocycles. The summed E-state index contributed by atoms with van der Waals surface area (Å²) in [5, 5.41) is 20.8. The van der Waals surface area contributed by atoms with Crippen LogP contribution in [0.5, 0.6) is 0 Å². The summed E-state index contributed by atoms with van der Waals surface area (Å²) in [6, 6.07) is 13.2. The van der Waals surface area contributed by atoms with Crippen molar-refractivity contribution in [2.75, 3.05) is 6.61 Å². The van der Waals surface area contributed by atoms with Crippen molar-refractivity contribution in [2.24, 2.45) is 0 Å². The number of phosphoric ester groups is 1. The van der Waals surface area contributed by atoms with E-state index in [1.54, 1.807) is 36.4 Å². The van der Waals surface area contributed by atoms with Gasteiger partial charge in [-0.1, -0.05) is 30.3 Å². The molecule has 18 nitrogen and oxygen atoms in total. The molecule has 41 heavy (non-hydrogen) atoms. The summed E-state index contributed by atoms with van der Waals surface area (Å²) in [6.45, 7) is -1.38. The van der Waals surface area contributed by atoms with Crippen LogP contribution in [0, 0.1) is 0 Å². The Morgan fingerprint density at radius 2 is 1.54 bits per heavy atom. The van der Waals surface area contributed by atoms with Gasteiger partial charge in [0.25, 0.3) is 5.56 Å². The molecule has 0 bridgehead atoms. The Morgan fingerprint density at radius 1 is 0.854 bits per heavy atom. The number of furan rings is 1. The van der Waals surface area contributed by atoms with Gasteiger partial charge in [0.15, 0.2) is 6.23 Å². The first-order valence-corrected chi connectivity index (χ1v) is 15.8. The maximum Gasteiger partial charge on any atom is 0.490 e. The van der Waals surface area contributed by atoms with Gasteiger partial charge < -0.3 is 38.9 Å². The molecule has 4 unspecified atom stereocenters. The second-order valence-electron chi connectivity index (χ2n) is 8.49. The topological polar surface area (TPSA) is 267 Å². The third kappa shape index (κ3) is 7.85. The van der Waals surface area contributed by atoms with Crippen LogP contribution in [0.25, 0.3) is 11.3 Å². The molecule has 6 N–H and O–H groups in total. The number of rotatable bonds is 11. The minimum atomic E-state index is -5.79. The van der Waals surface area contributed by atoms with E-state index in [9.17, 15) is 43.3 Å². The van der Waals surface area contributed by atoms with Crippen LogP contribution in [0.3, 0.4) is 0 Å². The molecule has 4 rings (SSSR count). The van der Waals surface area contributed by atoms with Crippen molar-refractivity contribution in [1.82, 2.24) is 9.13 Å². The van der Waals surface area contributed by atoms with Crippen molar-refractivity contribution < 1.29 is 65.8 Å². The third-order valence-electron chi connectivity index (χ3n) is 5.56. The minimum absolute atomic E-state index is 0.252. The zero-order valence-corrected chi connectivity index (χ0v) is 23.1. The third-order valence-corrected chi connectivity index (χ3v) is 9.36. The van der Waals surface area contributed by atoms with E-state index in [1.165, 1.54) is 0 Å². The first-order chi connectivity index (χ1) is 19.1. The van der Waals surface area contributed by atoms with Crippen LogP contribution in [0.4, 0.5) is 0 Å². The van der Waals surface area contributed by atoms with Crippen LogP contribution in [-0.4, -0.2) is 63.8 Å². The maximum absolute atomic E-state index is 13.1. The largest absolute Gasteiger partial charge is 0.490 e. The minimum Gasteiger partial charge on any atom is -0.459 e. The molecule has 3 heterocycles. The van der Waals surface area contributed by atoms with E-state index in [4.69, 9.17) is 18.9 Å². The lowest BCUT2D eigenvalue weighted by Crippen LogP contribution is -2.43. The summed E-state index contributed by atoms with van der Waals surface area (Å²) in [6.07, 6.45) is -5.95. The second kappa shape index (κ2) is 12.0. The van der Waals surface area contributed by atoms with E-state index in [-0.39, 0.29) is 12.3 Å². The number of aliphatic hydroxyl groups excluding tert-OH is 2. The molecule has 224 valence electrons. The number of aliphatic hydroxyl groups is 2. The highest BCUT2D eigenvalue weighted by Gasteiger charge is 2.47. The second-order valence-corrected chi connectivity index (χ2v) is 12.9. The number of nitrogens with zero attached hydrogens (tertiary/aromatic N) is 2. The van der Waals surface area contributed by atoms with E-state index in [0.717, 1.165) is 27.0 Å². The highest BCUT2D eigenvalue weighted by atomic mass is 31.3. The number of hydrogen-bond donors (Lipinski definition) is 6. The Bertz CT molecular complexity index is 1650. The van der Waals surface area contributed by atoms with E-state index >= 15 is 0 Å². The molecule has 1 saturated heterocycles. The molecular formula is C20H23N2O16P3. The lowest BCUT2D eigenvalue weighted by atomic mass is 10.1. The average Bonchev–Trinajstić information content (AvgIpc) is 3.44. The van der Waals surface area contributed by atoms with Crippen LogP contribution in [0.15, 0.2) is 68.7 Å². The SMILES string of the molecule is O=c1ccn([C@@H]2O[C@H](COP(=O)(O)OP(=O)(O)OP(=O)(O)O)C(O)C2O)c(=O)n1Cc1ccc(-c2ccccc2)o1. The normalized spacial score (nSPS) is 24.1. The van der Waals surface area contributed by atoms with Crippen molar-refractivity contribution in [3.05, 3.63) is 81.3 Å². The quantitative estimate of drug-likeness (QED) is 0.154. The van der Waals surface area contributed by atoms with E-state index in [2.05, 4.69) is 13.1 Å². The average molecular weight is 640 g/mol. The lowest BCUT2D eigenvalue weighted by Gasteiger charge is -2.19. The Hall–Kier alpha value is -2.53. The van der Waals surface area contributed by atoms with Gasteiger partial charge in [0.2, 0.25) is 0 Å². The molecule has 6 atom stereocenters. The lowest BCUT2D eigenvalue weighted by molar-refractivity contribution is -0.0547. The van der Waals surface area contributed by atoms with Crippen molar-refractivity contribution in [3.8, 4) is 11.3 Å². The fourth-order valence-electron chi connectivity index (χ4n) is 3.81. The predicted octanol–water partition coefficient (Wildman–Crippen LogP) is 0.281. The van der Waals surface area contributed by atoms with Crippen LogP contribution in [-0.2, 0) is 38.1 Å². The van der Waals surface area contributed by atoms with Crippen LogP contribution >= 0.6 is 23.5 Å². The van der Waals surface area contributed by atoms with Gasteiger partial charge in [0.1, 0.15) is 29.8 Å². The highest BCUT2D eigenvalue weighted by molar-refractivity contribution is 7.66. The van der Waals surface area contributed by atoms with Crippen LogP contribution in [0.2, 0.25) is 0 Å². The highest BCUT2D eigenvalue weighted by Crippen LogP contribution is 2.66. The number of benzene rings is 1. The molecule has 0 radical (unpaired) electrons. The molecule has 0 saturated carbocycles. The van der Waals surface area contributed by atoms with Crippen molar-refractivity contribution >= 4 is 23.5 Å². The van der Waals surface area contributed by atoms with Gasteiger partial charge in [-0.05, 0) is 12.1 Å². The van der Waals surface area contributed by atoms with Gasteiger partial charge in [-0.25, -0.2) is 18.5 Å². The first kappa shape index (κ1) is 31.4. The Balaban J connectivity index is 1.48. The molecule has 1 aliphatic heterocycles. The Morgan fingerprint density at radius 3 is 2.20 bits per heavy atom. The zero-order chi connectivity index (χ0) is 30.2. The summed E-state index contributed by atoms with van der Waals surface area (Å²) < 4.78 is 58.4. The zero-order valence-electron chi connectivity index (χ0n) is 20.4. The van der Waals surface area contributed by atoms with E-state index < -0.39 is 65.9 Å². The molecule has 1 aromatic carbocycles. The van der Waals surface area contributed by atoms with Gasteiger partial charge >= 0.3 is 29.2 Å². The molecule has 21 heteroatoms. The van der Waals surface area contributed by atoms with Crippen molar-refractivity contribution in [3.63, 3.8) is 0 Å². The number of hydrogen-bond acceptors (Lipinski definition) is 12. The predicted molar refractivity (Wildman–Crippen MR) is 134 cm³/mol. The number of ether oxygens (including phenoxy) is 1. The van der Waals surface area contributed by atoms with Crippen LogP contribution < -0.4 is 11.2 Å². The van der Waals surface area contributed by atoms with Gasteiger partial charge in [0.05, 0.1) is 13.2 Å². The molecular weight excluding hydrogens is 617 g/mol. The molecule has 0 spiro atoms. The number of aromatic nitrogens is 2. The van der Waals surface area contributed by atoms with Gasteiger partial charge in [0, 0.05) is 17.8 Å². The maximum atomic E-state index is 13.1.